The maximum Gasteiger partial charge on any atom is 0.259 e. The van der Waals surface area contributed by atoms with Crippen molar-refractivity contribution in [3.05, 3.63) is 46.7 Å². The van der Waals surface area contributed by atoms with Crippen LogP contribution in [0, 0.1) is 0 Å². The molecule has 0 spiro atoms. The number of aromatic nitrogens is 3. The van der Waals surface area contributed by atoms with Gasteiger partial charge in [-0.15, -0.1) is 0 Å². The van der Waals surface area contributed by atoms with E-state index in [1.807, 2.05) is 24.0 Å². The number of primary amides is 1. The van der Waals surface area contributed by atoms with Crippen molar-refractivity contribution in [1.82, 2.24) is 14.8 Å². The molecule has 1 amide bonds. The number of hydrogen-bond donors (Lipinski definition) is 1. The molecular formula is C16H14N4O2S. The highest BCUT2D eigenvalue weighted by atomic mass is 32.1. The maximum absolute atomic E-state index is 11.8. The van der Waals surface area contributed by atoms with E-state index < -0.39 is 5.91 Å². The van der Waals surface area contributed by atoms with Gasteiger partial charge >= 0.3 is 0 Å². The standard InChI is InChI=1S/C16H14N4O2S/c1-20-13-9(7-19-20)4-5-11-12(13)16(23-14(11)15(17)21)22-10-3-2-6-18-8-10/h2-3,6-8H,4-5H2,1H3,(H2,17,21). The summed E-state index contributed by atoms with van der Waals surface area (Å²) in [5, 5.41) is 5.00. The fourth-order valence-electron chi connectivity index (χ4n) is 2.95. The number of fused-ring (bicyclic) bond motifs is 3. The number of amides is 1. The number of carbonyl (C=O) groups is 1. The largest absolute Gasteiger partial charge is 0.444 e. The second-order valence-electron chi connectivity index (χ2n) is 5.37. The molecule has 0 unspecified atom stereocenters. The van der Waals surface area contributed by atoms with E-state index in [-0.39, 0.29) is 0 Å². The highest BCUT2D eigenvalue weighted by Gasteiger charge is 2.30. The fraction of sp³-hybridized carbons (Fsp3) is 0.188. The number of ether oxygens (including phenoxy) is 1. The van der Waals surface area contributed by atoms with Gasteiger partial charge in [-0.1, -0.05) is 11.3 Å². The van der Waals surface area contributed by atoms with Gasteiger partial charge in [-0.2, -0.15) is 5.10 Å². The molecule has 7 heteroatoms. The smallest absolute Gasteiger partial charge is 0.259 e. The first-order chi connectivity index (χ1) is 11.1. The third-order valence-electron chi connectivity index (χ3n) is 3.94. The van der Waals surface area contributed by atoms with Crippen molar-refractivity contribution in [2.24, 2.45) is 12.8 Å². The van der Waals surface area contributed by atoms with Crippen molar-refractivity contribution in [1.29, 1.82) is 0 Å². The SMILES string of the molecule is Cn1ncc2c1-c1c(Oc3cccnc3)sc(C(N)=O)c1CC2. The van der Waals surface area contributed by atoms with Crippen LogP contribution in [0.2, 0.25) is 0 Å². The molecule has 3 aromatic heterocycles. The van der Waals surface area contributed by atoms with Crippen LogP contribution in [0.25, 0.3) is 11.3 Å². The molecule has 0 radical (unpaired) electrons. The lowest BCUT2D eigenvalue weighted by atomic mass is 9.91. The van der Waals surface area contributed by atoms with Crippen LogP contribution in [-0.2, 0) is 19.9 Å². The van der Waals surface area contributed by atoms with Crippen molar-refractivity contribution >= 4 is 17.2 Å². The lowest BCUT2D eigenvalue weighted by Crippen LogP contribution is -2.13. The third-order valence-corrected chi connectivity index (χ3v) is 5.06. The van der Waals surface area contributed by atoms with Crippen molar-refractivity contribution in [3.63, 3.8) is 0 Å². The number of rotatable bonds is 3. The summed E-state index contributed by atoms with van der Waals surface area (Å²) in [6.45, 7) is 0. The second kappa shape index (κ2) is 5.20. The zero-order valence-corrected chi connectivity index (χ0v) is 13.3. The third kappa shape index (κ3) is 2.20. The Balaban J connectivity index is 1.91. The molecule has 1 aliphatic rings. The number of thiophene rings is 1. The summed E-state index contributed by atoms with van der Waals surface area (Å²) in [5.74, 6) is 0.208. The predicted molar refractivity (Wildman–Crippen MR) is 86.8 cm³/mol. The molecule has 4 rings (SSSR count). The number of nitrogens with zero attached hydrogens (tertiary/aromatic N) is 3. The van der Waals surface area contributed by atoms with E-state index in [4.69, 9.17) is 10.5 Å². The summed E-state index contributed by atoms with van der Waals surface area (Å²) in [7, 11) is 1.89. The molecule has 0 aromatic carbocycles. The Kier molecular flexibility index (Phi) is 3.16. The van der Waals surface area contributed by atoms with Crippen LogP contribution < -0.4 is 10.5 Å². The molecular weight excluding hydrogens is 312 g/mol. The van der Waals surface area contributed by atoms with E-state index in [9.17, 15) is 4.79 Å². The van der Waals surface area contributed by atoms with Gasteiger partial charge in [-0.3, -0.25) is 14.5 Å². The molecule has 6 nitrogen and oxygen atoms in total. The molecule has 0 saturated carbocycles. The normalized spacial score (nSPS) is 12.6. The highest BCUT2D eigenvalue weighted by Crippen LogP contribution is 2.48. The summed E-state index contributed by atoms with van der Waals surface area (Å²) < 4.78 is 7.82. The molecule has 2 N–H and O–H groups in total. The second-order valence-corrected chi connectivity index (χ2v) is 6.35. The predicted octanol–water partition coefficient (Wildman–Crippen LogP) is 2.53. The minimum absolute atomic E-state index is 0.419. The van der Waals surface area contributed by atoms with E-state index in [0.29, 0.717) is 15.7 Å². The van der Waals surface area contributed by atoms with E-state index in [0.717, 1.165) is 35.2 Å². The van der Waals surface area contributed by atoms with Crippen LogP contribution in [0.4, 0.5) is 0 Å². The molecule has 0 atom stereocenters. The lowest BCUT2D eigenvalue weighted by Gasteiger charge is -2.16. The van der Waals surface area contributed by atoms with E-state index in [2.05, 4.69) is 10.1 Å². The van der Waals surface area contributed by atoms with Crippen molar-refractivity contribution < 1.29 is 9.53 Å². The number of nitrogens with two attached hydrogens (primary N) is 1. The quantitative estimate of drug-likeness (QED) is 0.802. The molecule has 3 heterocycles. The Morgan fingerprint density at radius 2 is 2.26 bits per heavy atom. The monoisotopic (exact) mass is 326 g/mol. The topological polar surface area (TPSA) is 83.0 Å². The van der Waals surface area contributed by atoms with Gasteiger partial charge in [0, 0.05) is 13.2 Å². The van der Waals surface area contributed by atoms with Crippen molar-refractivity contribution in [2.45, 2.75) is 12.8 Å². The molecule has 0 fully saturated rings. The van der Waals surface area contributed by atoms with Crippen LogP contribution in [0.5, 0.6) is 10.8 Å². The summed E-state index contributed by atoms with van der Waals surface area (Å²) >= 11 is 1.29. The lowest BCUT2D eigenvalue weighted by molar-refractivity contribution is 0.100. The summed E-state index contributed by atoms with van der Waals surface area (Å²) in [6.07, 6.45) is 6.81. The molecule has 0 bridgehead atoms. The molecule has 0 saturated heterocycles. The van der Waals surface area contributed by atoms with Crippen LogP contribution >= 0.6 is 11.3 Å². The van der Waals surface area contributed by atoms with Gasteiger partial charge < -0.3 is 10.5 Å². The minimum atomic E-state index is -0.419. The maximum atomic E-state index is 11.8. The number of hydrogen-bond acceptors (Lipinski definition) is 5. The first kappa shape index (κ1) is 14.0. The van der Waals surface area contributed by atoms with Gasteiger partial charge in [-0.25, -0.2) is 0 Å². The summed E-state index contributed by atoms with van der Waals surface area (Å²) in [5.41, 5.74) is 9.59. The average molecular weight is 326 g/mol. The first-order valence-electron chi connectivity index (χ1n) is 7.19. The van der Waals surface area contributed by atoms with Crippen LogP contribution in [0.1, 0.15) is 20.8 Å². The Bertz CT molecular complexity index is 898. The van der Waals surface area contributed by atoms with Crippen molar-refractivity contribution in [3.8, 4) is 22.1 Å². The van der Waals surface area contributed by atoms with Crippen molar-refractivity contribution in [2.75, 3.05) is 0 Å². The van der Waals surface area contributed by atoms with E-state index in [1.165, 1.54) is 11.3 Å². The van der Waals surface area contributed by atoms with E-state index in [1.54, 1.807) is 18.5 Å². The highest BCUT2D eigenvalue weighted by molar-refractivity contribution is 7.16. The van der Waals surface area contributed by atoms with Crippen LogP contribution in [0.15, 0.2) is 30.7 Å². The first-order valence-corrected chi connectivity index (χ1v) is 8.01. The fourth-order valence-corrected chi connectivity index (χ4v) is 4.03. The van der Waals surface area contributed by atoms with Gasteiger partial charge in [0.05, 0.1) is 28.5 Å². The number of aryl methyl sites for hydroxylation is 2. The number of carbonyl (C=O) groups excluding carboxylic acids is 1. The summed E-state index contributed by atoms with van der Waals surface area (Å²) in [4.78, 5) is 16.4. The Hall–Kier alpha value is -2.67. The molecule has 3 aromatic rings. The molecule has 1 aliphatic carbocycles. The van der Waals surface area contributed by atoms with Crippen LogP contribution in [0.3, 0.4) is 0 Å². The number of pyridine rings is 1. The Labute approximate surface area is 136 Å². The molecule has 116 valence electrons. The zero-order chi connectivity index (χ0) is 16.0. The van der Waals surface area contributed by atoms with Gasteiger partial charge in [-0.05, 0) is 36.1 Å². The zero-order valence-electron chi connectivity index (χ0n) is 12.4. The van der Waals surface area contributed by atoms with Crippen LogP contribution in [-0.4, -0.2) is 20.7 Å². The Morgan fingerprint density at radius 3 is 3.00 bits per heavy atom. The van der Waals surface area contributed by atoms with Gasteiger partial charge in [0.1, 0.15) is 5.75 Å². The average Bonchev–Trinajstić information content (AvgIpc) is 3.10. The van der Waals surface area contributed by atoms with Gasteiger partial charge in [0.25, 0.3) is 5.91 Å². The van der Waals surface area contributed by atoms with Gasteiger partial charge in [0.2, 0.25) is 0 Å². The molecule has 23 heavy (non-hydrogen) atoms. The minimum Gasteiger partial charge on any atom is -0.444 e. The van der Waals surface area contributed by atoms with Gasteiger partial charge in [0.15, 0.2) is 5.06 Å². The summed E-state index contributed by atoms with van der Waals surface area (Å²) in [6, 6.07) is 3.63. The molecule has 0 aliphatic heterocycles. The van der Waals surface area contributed by atoms with E-state index >= 15 is 0 Å². The Morgan fingerprint density at radius 1 is 1.39 bits per heavy atom.